The average molecular weight is 253 g/mol. The first-order valence-corrected chi connectivity index (χ1v) is 7.75. The number of carbonyl (C=O) groups excluding carboxylic acids is 1. The van der Waals surface area contributed by atoms with Gasteiger partial charge in [0.05, 0.1) is 0 Å². The minimum Gasteiger partial charge on any atom is -0.461 e. The Morgan fingerprint density at radius 1 is 1.11 bits per heavy atom. The van der Waals surface area contributed by atoms with E-state index in [-0.39, 0.29) is 18.1 Å². The molecule has 2 fully saturated rings. The van der Waals surface area contributed by atoms with Crippen LogP contribution in [0.2, 0.25) is 0 Å². The van der Waals surface area contributed by atoms with Gasteiger partial charge in [0.1, 0.15) is 12.1 Å². The smallest absolute Gasteiger partial charge is 0.323 e. The molecule has 3 heteroatoms. The Balaban J connectivity index is 1.84. The van der Waals surface area contributed by atoms with Crippen LogP contribution in [-0.2, 0) is 9.53 Å². The van der Waals surface area contributed by atoms with Crippen molar-refractivity contribution in [1.29, 1.82) is 0 Å². The van der Waals surface area contributed by atoms with Crippen molar-refractivity contribution in [2.45, 2.75) is 76.9 Å². The molecule has 0 radical (unpaired) electrons. The van der Waals surface area contributed by atoms with Crippen molar-refractivity contribution in [3.05, 3.63) is 0 Å². The lowest BCUT2D eigenvalue weighted by molar-refractivity contribution is -0.156. The lowest BCUT2D eigenvalue weighted by Crippen LogP contribution is -2.41. The minimum absolute atomic E-state index is 0.00208. The molecular weight excluding hydrogens is 226 g/mol. The number of esters is 1. The van der Waals surface area contributed by atoms with E-state index in [0.29, 0.717) is 5.92 Å². The molecule has 1 saturated heterocycles. The first-order valence-electron chi connectivity index (χ1n) is 7.75. The van der Waals surface area contributed by atoms with E-state index in [1.807, 2.05) is 0 Å². The van der Waals surface area contributed by atoms with Gasteiger partial charge < -0.3 is 10.1 Å². The van der Waals surface area contributed by atoms with Crippen molar-refractivity contribution >= 4 is 5.97 Å². The van der Waals surface area contributed by atoms with Gasteiger partial charge in [0, 0.05) is 0 Å². The zero-order chi connectivity index (χ0) is 12.8. The largest absolute Gasteiger partial charge is 0.461 e. The first-order chi connectivity index (χ1) is 8.81. The Morgan fingerprint density at radius 3 is 2.72 bits per heavy atom. The van der Waals surface area contributed by atoms with E-state index < -0.39 is 0 Å². The molecule has 1 N–H and O–H groups in total. The lowest BCUT2D eigenvalue weighted by Gasteiger charge is -2.31. The fourth-order valence-corrected chi connectivity index (χ4v) is 3.26. The summed E-state index contributed by atoms with van der Waals surface area (Å²) in [5.41, 5.74) is 0. The van der Waals surface area contributed by atoms with E-state index in [0.717, 1.165) is 32.2 Å². The summed E-state index contributed by atoms with van der Waals surface area (Å²) >= 11 is 0. The van der Waals surface area contributed by atoms with Crippen LogP contribution in [0.15, 0.2) is 0 Å². The summed E-state index contributed by atoms with van der Waals surface area (Å²) < 4.78 is 5.79. The third-order valence-electron chi connectivity index (χ3n) is 4.48. The van der Waals surface area contributed by atoms with Crippen molar-refractivity contribution in [3.8, 4) is 0 Å². The molecule has 3 unspecified atom stereocenters. The quantitative estimate of drug-likeness (QED) is 0.786. The van der Waals surface area contributed by atoms with Gasteiger partial charge in [0.2, 0.25) is 0 Å². The van der Waals surface area contributed by atoms with Crippen molar-refractivity contribution in [3.63, 3.8) is 0 Å². The maximum absolute atomic E-state index is 12.2. The molecule has 1 saturated carbocycles. The Bertz CT molecular complexity index is 259. The monoisotopic (exact) mass is 253 g/mol. The van der Waals surface area contributed by atoms with Crippen molar-refractivity contribution in [2.75, 3.05) is 6.54 Å². The van der Waals surface area contributed by atoms with Crippen LogP contribution in [0.5, 0.6) is 0 Å². The van der Waals surface area contributed by atoms with Crippen LogP contribution in [0.1, 0.15) is 64.7 Å². The second-order valence-corrected chi connectivity index (χ2v) is 5.78. The van der Waals surface area contributed by atoms with Gasteiger partial charge in [-0.25, -0.2) is 0 Å². The Labute approximate surface area is 111 Å². The van der Waals surface area contributed by atoms with Crippen LogP contribution in [-0.4, -0.2) is 24.7 Å². The Hall–Kier alpha value is -0.570. The molecule has 2 rings (SSSR count). The molecule has 0 spiro atoms. The molecule has 1 aliphatic heterocycles. The van der Waals surface area contributed by atoms with Gasteiger partial charge in [-0.15, -0.1) is 0 Å². The summed E-state index contributed by atoms with van der Waals surface area (Å²) in [6.45, 7) is 3.17. The zero-order valence-electron chi connectivity index (χ0n) is 11.6. The van der Waals surface area contributed by atoms with Crippen LogP contribution >= 0.6 is 0 Å². The summed E-state index contributed by atoms with van der Waals surface area (Å²) in [6, 6.07) is -0.0491. The number of carbonyl (C=O) groups is 1. The highest BCUT2D eigenvalue weighted by atomic mass is 16.5. The maximum Gasteiger partial charge on any atom is 0.323 e. The highest BCUT2D eigenvalue weighted by Gasteiger charge is 2.30. The second kappa shape index (κ2) is 7.13. The van der Waals surface area contributed by atoms with Crippen molar-refractivity contribution in [2.24, 2.45) is 5.92 Å². The molecule has 3 nitrogen and oxygen atoms in total. The normalized spacial score (nSPS) is 33.7. The summed E-state index contributed by atoms with van der Waals surface area (Å²) in [6.07, 6.45) is 10.6. The number of hydrogen-bond acceptors (Lipinski definition) is 3. The molecule has 18 heavy (non-hydrogen) atoms. The molecule has 0 aromatic rings. The van der Waals surface area contributed by atoms with Gasteiger partial charge in [-0.3, -0.25) is 4.79 Å². The summed E-state index contributed by atoms with van der Waals surface area (Å²) in [4.78, 5) is 12.2. The number of ether oxygens (including phenoxy) is 1. The fraction of sp³-hybridized carbons (Fsp3) is 0.933. The van der Waals surface area contributed by atoms with Crippen molar-refractivity contribution in [1.82, 2.24) is 5.32 Å². The zero-order valence-corrected chi connectivity index (χ0v) is 11.6. The molecule has 0 amide bonds. The van der Waals surface area contributed by atoms with E-state index in [1.165, 1.54) is 32.1 Å². The van der Waals surface area contributed by atoms with Gasteiger partial charge in [-0.05, 0) is 51.0 Å². The van der Waals surface area contributed by atoms with Gasteiger partial charge >= 0.3 is 5.97 Å². The second-order valence-electron chi connectivity index (χ2n) is 5.78. The number of hydrogen-bond donors (Lipinski definition) is 1. The molecule has 3 atom stereocenters. The summed E-state index contributed by atoms with van der Waals surface area (Å²) in [5, 5.41) is 3.33. The Kier molecular flexibility index (Phi) is 5.48. The van der Waals surface area contributed by atoms with Gasteiger partial charge in [0.15, 0.2) is 0 Å². The predicted molar refractivity (Wildman–Crippen MR) is 72.4 cm³/mol. The summed E-state index contributed by atoms with van der Waals surface area (Å²) in [5.74, 6) is 0.593. The molecule has 0 bridgehead atoms. The Morgan fingerprint density at radius 2 is 1.89 bits per heavy atom. The minimum atomic E-state index is -0.0491. The van der Waals surface area contributed by atoms with Crippen LogP contribution in [0.25, 0.3) is 0 Å². The third kappa shape index (κ3) is 3.71. The average Bonchev–Trinajstić information content (AvgIpc) is 2.68. The van der Waals surface area contributed by atoms with Crippen LogP contribution in [0, 0.1) is 5.92 Å². The molecular formula is C15H27NO2. The number of rotatable bonds is 3. The number of nitrogens with one attached hydrogen (secondary N) is 1. The predicted octanol–water partition coefficient (Wildman–Crippen LogP) is 3.03. The highest BCUT2D eigenvalue weighted by molar-refractivity contribution is 5.76. The molecule has 0 aromatic heterocycles. The molecule has 0 aromatic carbocycles. The van der Waals surface area contributed by atoms with Crippen LogP contribution < -0.4 is 5.32 Å². The first kappa shape index (κ1) is 13.9. The third-order valence-corrected chi connectivity index (χ3v) is 4.48. The molecule has 1 aliphatic carbocycles. The highest BCUT2D eigenvalue weighted by Crippen LogP contribution is 2.29. The van der Waals surface area contributed by atoms with Gasteiger partial charge in [0.25, 0.3) is 0 Å². The molecule has 2 aliphatic rings. The fourth-order valence-electron chi connectivity index (χ4n) is 3.26. The van der Waals surface area contributed by atoms with Gasteiger partial charge in [-0.1, -0.05) is 26.2 Å². The van der Waals surface area contributed by atoms with E-state index in [1.54, 1.807) is 0 Å². The van der Waals surface area contributed by atoms with Crippen molar-refractivity contribution < 1.29 is 9.53 Å². The molecule has 1 heterocycles. The SMILES string of the molecule is CCC1CCCCC1OC(=O)C1CCCCCN1. The van der Waals surface area contributed by atoms with E-state index in [2.05, 4.69) is 12.2 Å². The lowest BCUT2D eigenvalue weighted by atomic mass is 9.85. The standard InChI is InChI=1S/C15H27NO2/c1-2-12-8-5-6-10-14(12)18-15(17)13-9-4-3-7-11-16-13/h12-14,16H,2-11H2,1H3. The van der Waals surface area contributed by atoms with Crippen LogP contribution in [0.3, 0.4) is 0 Å². The molecule has 104 valence electrons. The summed E-state index contributed by atoms with van der Waals surface area (Å²) in [7, 11) is 0. The van der Waals surface area contributed by atoms with E-state index in [4.69, 9.17) is 4.74 Å². The van der Waals surface area contributed by atoms with Gasteiger partial charge in [-0.2, -0.15) is 0 Å². The van der Waals surface area contributed by atoms with E-state index >= 15 is 0 Å². The maximum atomic E-state index is 12.2. The van der Waals surface area contributed by atoms with Crippen LogP contribution in [0.4, 0.5) is 0 Å². The topological polar surface area (TPSA) is 38.3 Å². The van der Waals surface area contributed by atoms with E-state index in [9.17, 15) is 4.79 Å².